The van der Waals surface area contributed by atoms with E-state index in [0.717, 1.165) is 37.7 Å². The summed E-state index contributed by atoms with van der Waals surface area (Å²) in [4.78, 5) is 4.65. The minimum atomic E-state index is 0.590. The lowest BCUT2D eigenvalue weighted by Crippen LogP contribution is -1.94. The number of allylic oxidation sites excluding steroid dienone is 5. The lowest BCUT2D eigenvalue weighted by atomic mass is 10.0. The van der Waals surface area contributed by atoms with Gasteiger partial charge in [0.15, 0.2) is 0 Å². The zero-order valence-corrected chi connectivity index (χ0v) is 14.2. The van der Waals surface area contributed by atoms with Crippen LogP contribution in [0.5, 0.6) is 5.75 Å². The van der Waals surface area contributed by atoms with Crippen molar-refractivity contribution in [3.05, 3.63) is 52.0 Å². The van der Waals surface area contributed by atoms with Crippen LogP contribution >= 0.6 is 22.9 Å². The highest BCUT2D eigenvalue weighted by molar-refractivity contribution is 7.18. The smallest absolute Gasteiger partial charge is 0.129 e. The van der Waals surface area contributed by atoms with E-state index >= 15 is 0 Å². The topological polar surface area (TPSA) is 22.1 Å². The summed E-state index contributed by atoms with van der Waals surface area (Å²) in [6.45, 7) is 9.85. The van der Waals surface area contributed by atoms with Gasteiger partial charge in [0.1, 0.15) is 5.75 Å². The molecular formula is C17H18ClNOS. The summed E-state index contributed by atoms with van der Waals surface area (Å²) in [6, 6.07) is 3.99. The number of aryl methyl sites for hydroxylation is 1. The third-order valence-electron chi connectivity index (χ3n) is 2.99. The number of aromatic nitrogens is 1. The number of benzene rings is 1. The second-order valence-electron chi connectivity index (χ2n) is 4.91. The Kier molecular flexibility index (Phi) is 4.86. The van der Waals surface area contributed by atoms with Crippen molar-refractivity contribution >= 4 is 38.7 Å². The van der Waals surface area contributed by atoms with E-state index in [9.17, 15) is 0 Å². The predicted octanol–water partition coefficient (Wildman–Crippen LogP) is 5.72. The van der Waals surface area contributed by atoms with E-state index in [1.807, 2.05) is 39.0 Å². The lowest BCUT2D eigenvalue weighted by molar-refractivity contribution is 0.414. The first-order valence-electron chi connectivity index (χ1n) is 6.59. The van der Waals surface area contributed by atoms with Gasteiger partial charge in [-0.3, -0.25) is 0 Å². The first-order valence-corrected chi connectivity index (χ1v) is 7.79. The Labute approximate surface area is 134 Å². The third-order valence-corrected chi connectivity index (χ3v) is 4.28. The Bertz CT molecular complexity index is 751. The normalized spacial score (nSPS) is 12.0. The molecule has 1 aromatic carbocycles. The molecule has 2 nitrogen and oxygen atoms in total. The molecule has 0 saturated carbocycles. The highest BCUT2D eigenvalue weighted by atomic mass is 35.5. The fraction of sp³-hybridized carbons (Fsp3) is 0.235. The van der Waals surface area contributed by atoms with Crippen LogP contribution in [0.1, 0.15) is 24.4 Å². The fourth-order valence-electron chi connectivity index (χ4n) is 2.18. The molecule has 21 heavy (non-hydrogen) atoms. The van der Waals surface area contributed by atoms with Crippen molar-refractivity contribution < 1.29 is 4.74 Å². The maximum absolute atomic E-state index is 6.38. The Hall–Kier alpha value is -1.58. The van der Waals surface area contributed by atoms with Crippen LogP contribution in [-0.2, 0) is 0 Å². The maximum atomic E-state index is 6.38. The summed E-state index contributed by atoms with van der Waals surface area (Å²) in [5.41, 5.74) is 3.88. The van der Waals surface area contributed by atoms with Gasteiger partial charge >= 0.3 is 0 Å². The van der Waals surface area contributed by atoms with Crippen LogP contribution in [0, 0.1) is 6.92 Å². The summed E-state index contributed by atoms with van der Waals surface area (Å²) >= 11 is 8.05. The molecule has 2 aromatic rings. The van der Waals surface area contributed by atoms with E-state index in [-0.39, 0.29) is 0 Å². The van der Waals surface area contributed by atoms with Crippen molar-refractivity contribution in [1.29, 1.82) is 0 Å². The molecule has 2 rings (SSSR count). The van der Waals surface area contributed by atoms with Gasteiger partial charge in [0.05, 0.1) is 27.9 Å². The molecule has 110 valence electrons. The number of hydrogen-bond acceptors (Lipinski definition) is 3. The van der Waals surface area contributed by atoms with Crippen LogP contribution in [-0.4, -0.2) is 12.1 Å². The van der Waals surface area contributed by atoms with E-state index in [1.165, 1.54) is 0 Å². The zero-order valence-electron chi connectivity index (χ0n) is 12.7. The van der Waals surface area contributed by atoms with Gasteiger partial charge < -0.3 is 4.74 Å². The molecule has 0 amide bonds. The molecule has 0 N–H and O–H groups in total. The standard InChI is InChI=1S/C17H18ClNOS/c1-6-13(18)12(9-10(2)3)16-14(20-5)7-8-15-17(16)19-11(4)21-15/h6-9H,1H2,2-5H3/b13-12-. The average Bonchev–Trinajstić information content (AvgIpc) is 2.83. The number of methoxy groups -OCH3 is 1. The quantitative estimate of drug-likeness (QED) is 0.673. The third kappa shape index (κ3) is 3.20. The number of rotatable bonds is 4. The van der Waals surface area contributed by atoms with E-state index in [2.05, 4.69) is 11.6 Å². The second-order valence-corrected chi connectivity index (χ2v) is 6.55. The molecule has 0 bridgehead atoms. The molecule has 4 heteroatoms. The molecule has 0 aliphatic heterocycles. The zero-order chi connectivity index (χ0) is 15.6. The number of nitrogens with zero attached hydrogens (tertiary/aromatic N) is 1. The molecule has 0 spiro atoms. The number of thiazole rings is 1. The van der Waals surface area contributed by atoms with Gasteiger partial charge in [0.2, 0.25) is 0 Å². The van der Waals surface area contributed by atoms with Crippen LogP contribution in [0.3, 0.4) is 0 Å². The number of hydrogen-bond donors (Lipinski definition) is 0. The van der Waals surface area contributed by atoms with Gasteiger partial charge in [0.25, 0.3) is 0 Å². The second kappa shape index (κ2) is 6.46. The van der Waals surface area contributed by atoms with Crippen LogP contribution < -0.4 is 4.74 Å². The van der Waals surface area contributed by atoms with Crippen LogP contribution in [0.25, 0.3) is 15.8 Å². The molecule has 0 unspecified atom stereocenters. The molecule has 1 aromatic heterocycles. The SMILES string of the molecule is C=C/C(Cl)=C(\C=C(C)C)c1c(OC)ccc2sc(C)nc12. The Morgan fingerprint density at radius 1 is 1.38 bits per heavy atom. The van der Waals surface area contributed by atoms with Gasteiger partial charge in [-0.25, -0.2) is 4.98 Å². The van der Waals surface area contributed by atoms with Crippen molar-refractivity contribution in [3.63, 3.8) is 0 Å². The fourth-order valence-corrected chi connectivity index (χ4v) is 3.16. The van der Waals surface area contributed by atoms with Crippen LogP contribution in [0.4, 0.5) is 0 Å². The van der Waals surface area contributed by atoms with Crippen molar-refractivity contribution in [2.75, 3.05) is 7.11 Å². The largest absolute Gasteiger partial charge is 0.496 e. The first kappa shape index (κ1) is 15.8. The van der Waals surface area contributed by atoms with Crippen LogP contribution in [0.2, 0.25) is 0 Å². The molecule has 0 saturated heterocycles. The molecule has 0 aliphatic carbocycles. The predicted molar refractivity (Wildman–Crippen MR) is 93.3 cm³/mol. The highest BCUT2D eigenvalue weighted by Crippen LogP contribution is 2.39. The van der Waals surface area contributed by atoms with Crippen LogP contribution in [0.15, 0.2) is 41.5 Å². The molecule has 0 aliphatic rings. The monoisotopic (exact) mass is 319 g/mol. The van der Waals surface area contributed by atoms with Crippen molar-refractivity contribution in [2.45, 2.75) is 20.8 Å². The summed E-state index contributed by atoms with van der Waals surface area (Å²) in [5.74, 6) is 0.764. The van der Waals surface area contributed by atoms with Gasteiger partial charge in [0, 0.05) is 10.6 Å². The minimum absolute atomic E-state index is 0.590. The minimum Gasteiger partial charge on any atom is -0.496 e. The number of fused-ring (bicyclic) bond motifs is 1. The van der Waals surface area contributed by atoms with E-state index in [4.69, 9.17) is 16.3 Å². The van der Waals surface area contributed by atoms with Crippen molar-refractivity contribution in [2.24, 2.45) is 0 Å². The van der Waals surface area contributed by atoms with Crippen molar-refractivity contribution in [1.82, 2.24) is 4.98 Å². The lowest BCUT2D eigenvalue weighted by Gasteiger charge is -2.12. The summed E-state index contributed by atoms with van der Waals surface area (Å²) in [5, 5.41) is 1.61. The molecule has 0 atom stereocenters. The Morgan fingerprint density at radius 3 is 2.67 bits per heavy atom. The molecule has 0 radical (unpaired) electrons. The first-order chi connectivity index (χ1) is 9.97. The van der Waals surface area contributed by atoms with Gasteiger partial charge in [-0.05, 0) is 32.9 Å². The van der Waals surface area contributed by atoms with E-state index in [1.54, 1.807) is 24.5 Å². The number of halogens is 1. The Morgan fingerprint density at radius 2 is 2.10 bits per heavy atom. The van der Waals surface area contributed by atoms with E-state index in [0.29, 0.717) is 5.03 Å². The highest BCUT2D eigenvalue weighted by Gasteiger charge is 2.17. The Balaban J connectivity index is 2.89. The molecular weight excluding hydrogens is 302 g/mol. The molecule has 1 heterocycles. The number of ether oxygens (including phenoxy) is 1. The van der Waals surface area contributed by atoms with E-state index < -0.39 is 0 Å². The maximum Gasteiger partial charge on any atom is 0.129 e. The van der Waals surface area contributed by atoms with Gasteiger partial charge in [-0.1, -0.05) is 35.9 Å². The van der Waals surface area contributed by atoms with Gasteiger partial charge in [-0.15, -0.1) is 11.3 Å². The summed E-state index contributed by atoms with van der Waals surface area (Å²) in [6.07, 6.45) is 3.68. The van der Waals surface area contributed by atoms with Crippen molar-refractivity contribution in [3.8, 4) is 5.75 Å². The summed E-state index contributed by atoms with van der Waals surface area (Å²) in [7, 11) is 1.66. The van der Waals surface area contributed by atoms with Gasteiger partial charge in [-0.2, -0.15) is 0 Å². The summed E-state index contributed by atoms with van der Waals surface area (Å²) < 4.78 is 6.65. The average molecular weight is 320 g/mol. The molecule has 0 fully saturated rings.